The second kappa shape index (κ2) is 7.11. The molecule has 2 bridgehead atoms. The number of carboxylic acid groups (broad SMARTS) is 1. The van der Waals surface area contributed by atoms with Crippen molar-refractivity contribution in [2.45, 2.75) is 32.1 Å². The van der Waals surface area contributed by atoms with Crippen molar-refractivity contribution in [1.82, 2.24) is 15.0 Å². The average molecular weight is 415 g/mol. The van der Waals surface area contributed by atoms with Crippen LogP contribution in [-0.4, -0.2) is 26.0 Å². The maximum absolute atomic E-state index is 14.6. The van der Waals surface area contributed by atoms with E-state index in [0.717, 1.165) is 37.9 Å². The highest BCUT2D eigenvalue weighted by Gasteiger charge is 2.47. The van der Waals surface area contributed by atoms with E-state index in [9.17, 15) is 23.1 Å². The van der Waals surface area contributed by atoms with Crippen molar-refractivity contribution in [2.24, 2.45) is 23.7 Å². The highest BCUT2D eigenvalue weighted by molar-refractivity contribution is 5.92. The number of hydrogen-bond donors (Lipinski definition) is 2. The number of aromatic amines is 1. The van der Waals surface area contributed by atoms with Gasteiger partial charge in [-0.2, -0.15) is 0 Å². The van der Waals surface area contributed by atoms with Gasteiger partial charge < -0.3 is 10.1 Å². The van der Waals surface area contributed by atoms with Crippen LogP contribution in [-0.2, 0) is 11.2 Å². The maximum Gasteiger partial charge on any atom is 0.307 e. The molecule has 156 valence electrons. The fraction of sp³-hybridized carbons (Fsp3) is 0.409. The smallest absolute Gasteiger partial charge is 0.307 e. The molecule has 3 aliphatic rings. The molecular formula is C22H20F3N3O2. The van der Waals surface area contributed by atoms with Crippen molar-refractivity contribution in [2.75, 3.05) is 0 Å². The molecular weight excluding hydrogens is 395 g/mol. The first kappa shape index (κ1) is 19.1. The summed E-state index contributed by atoms with van der Waals surface area (Å²) < 4.78 is 42.9. The van der Waals surface area contributed by atoms with Crippen LogP contribution < -0.4 is 0 Å². The Morgan fingerprint density at radius 3 is 2.57 bits per heavy atom. The van der Waals surface area contributed by atoms with Crippen molar-refractivity contribution in [3.05, 3.63) is 47.7 Å². The number of aromatic nitrogens is 3. The molecule has 3 aromatic heterocycles. The summed E-state index contributed by atoms with van der Waals surface area (Å²) in [4.78, 5) is 22.9. The summed E-state index contributed by atoms with van der Waals surface area (Å²) in [6.45, 7) is 0. The number of halogens is 3. The monoisotopic (exact) mass is 415 g/mol. The van der Waals surface area contributed by atoms with Gasteiger partial charge in [-0.25, -0.2) is 23.1 Å². The number of nitrogens with one attached hydrogen (secondary N) is 1. The fourth-order valence-electron chi connectivity index (χ4n) is 5.49. The summed E-state index contributed by atoms with van der Waals surface area (Å²) in [5.41, 5.74) is 0.608. The van der Waals surface area contributed by atoms with Gasteiger partial charge in [0.15, 0.2) is 5.82 Å². The van der Waals surface area contributed by atoms with Gasteiger partial charge >= 0.3 is 5.97 Å². The molecule has 0 aromatic carbocycles. The van der Waals surface area contributed by atoms with Crippen molar-refractivity contribution >= 4 is 17.0 Å². The Bertz CT molecular complexity index is 1140. The molecule has 3 aromatic rings. The number of nitrogens with zero attached hydrogens (tertiary/aromatic N) is 2. The van der Waals surface area contributed by atoms with Crippen LogP contribution in [0.4, 0.5) is 13.2 Å². The maximum atomic E-state index is 14.6. The molecule has 0 aliphatic heterocycles. The van der Waals surface area contributed by atoms with Gasteiger partial charge in [-0.1, -0.05) is 0 Å². The minimum Gasteiger partial charge on any atom is -0.481 e. The standard InChI is InChI=1S/C22H20F3N3O2/c23-12-5-14-15(9-27-21(14)26-8-12)20-17(25)7-16(24)18(28-20)6-13-10-1-3-11(4-2-10)19(13)22(29)30/h5,7-11,13,19H,1-4,6H2,(H,26,27)(H,29,30)/t10?,11?,13-,19-/m0/s1. The minimum absolute atomic E-state index is 0.0499. The first-order valence-corrected chi connectivity index (χ1v) is 10.1. The SMILES string of the molecule is O=C(O)[C@H]1C2CCC(CC2)[C@@H]1Cc1nc(-c2c[nH]c3ncc(F)cc23)c(F)cc1F. The predicted octanol–water partition coefficient (Wildman–Crippen LogP) is 4.72. The van der Waals surface area contributed by atoms with Gasteiger partial charge in [0.25, 0.3) is 0 Å². The van der Waals surface area contributed by atoms with Gasteiger partial charge in [0.05, 0.1) is 17.8 Å². The summed E-state index contributed by atoms with van der Waals surface area (Å²) >= 11 is 0. The summed E-state index contributed by atoms with van der Waals surface area (Å²) in [7, 11) is 0. The number of H-pyrrole nitrogens is 1. The highest BCUT2D eigenvalue weighted by atomic mass is 19.1. The van der Waals surface area contributed by atoms with Gasteiger partial charge in [0, 0.05) is 23.2 Å². The second-order valence-electron chi connectivity index (χ2n) is 8.41. The summed E-state index contributed by atoms with van der Waals surface area (Å²) in [6.07, 6.45) is 6.29. The van der Waals surface area contributed by atoms with Crippen LogP contribution in [0.2, 0.25) is 0 Å². The van der Waals surface area contributed by atoms with Crippen molar-refractivity contribution in [1.29, 1.82) is 0 Å². The summed E-state index contributed by atoms with van der Waals surface area (Å²) in [5, 5.41) is 10.1. The molecule has 30 heavy (non-hydrogen) atoms. The lowest BCUT2D eigenvalue weighted by molar-refractivity contribution is -0.152. The van der Waals surface area contributed by atoms with E-state index < -0.39 is 29.3 Å². The first-order valence-electron chi connectivity index (χ1n) is 10.1. The van der Waals surface area contributed by atoms with E-state index in [1.54, 1.807) is 0 Å². The van der Waals surface area contributed by atoms with E-state index in [0.29, 0.717) is 11.0 Å². The molecule has 3 fully saturated rings. The lowest BCUT2D eigenvalue weighted by Gasteiger charge is -2.46. The Morgan fingerprint density at radius 1 is 1.10 bits per heavy atom. The molecule has 3 heterocycles. The molecule has 0 radical (unpaired) electrons. The molecule has 0 unspecified atom stereocenters. The number of rotatable bonds is 4. The zero-order chi connectivity index (χ0) is 21.0. The van der Waals surface area contributed by atoms with Gasteiger partial charge in [-0.15, -0.1) is 0 Å². The number of aliphatic carboxylic acids is 1. The predicted molar refractivity (Wildman–Crippen MR) is 103 cm³/mol. The number of pyridine rings is 2. The topological polar surface area (TPSA) is 78.9 Å². The van der Waals surface area contributed by atoms with Crippen LogP contribution in [0.15, 0.2) is 24.5 Å². The number of hydrogen-bond acceptors (Lipinski definition) is 3. The third-order valence-corrected chi connectivity index (χ3v) is 6.86. The molecule has 2 atom stereocenters. The van der Waals surface area contributed by atoms with E-state index in [-0.39, 0.29) is 41.1 Å². The lowest BCUT2D eigenvalue weighted by Crippen LogP contribution is -2.45. The zero-order valence-electron chi connectivity index (χ0n) is 16.0. The Hall–Kier alpha value is -2.90. The van der Waals surface area contributed by atoms with E-state index in [2.05, 4.69) is 15.0 Å². The molecule has 3 saturated carbocycles. The first-order chi connectivity index (χ1) is 14.4. The second-order valence-corrected chi connectivity index (χ2v) is 8.41. The van der Waals surface area contributed by atoms with Gasteiger partial charge in [-0.05, 0) is 55.9 Å². The van der Waals surface area contributed by atoms with Crippen LogP contribution in [0.25, 0.3) is 22.3 Å². The molecule has 2 N–H and O–H groups in total. The van der Waals surface area contributed by atoms with Gasteiger partial charge in [0.2, 0.25) is 0 Å². The number of fused-ring (bicyclic) bond motifs is 4. The fourth-order valence-corrected chi connectivity index (χ4v) is 5.49. The lowest BCUT2D eigenvalue weighted by atomic mass is 9.57. The number of carboxylic acids is 1. The van der Waals surface area contributed by atoms with E-state index in [1.165, 1.54) is 12.3 Å². The van der Waals surface area contributed by atoms with E-state index >= 15 is 0 Å². The third-order valence-electron chi connectivity index (χ3n) is 6.86. The normalized spacial score (nSPS) is 25.7. The van der Waals surface area contributed by atoms with Gasteiger partial charge in [-0.3, -0.25) is 4.79 Å². The molecule has 3 aliphatic carbocycles. The van der Waals surface area contributed by atoms with Crippen LogP contribution in [0, 0.1) is 41.1 Å². The van der Waals surface area contributed by atoms with Crippen molar-refractivity contribution in [3.8, 4) is 11.3 Å². The van der Waals surface area contributed by atoms with Crippen molar-refractivity contribution < 1.29 is 23.1 Å². The highest BCUT2D eigenvalue weighted by Crippen LogP contribution is 2.50. The van der Waals surface area contributed by atoms with Crippen LogP contribution in [0.3, 0.4) is 0 Å². The van der Waals surface area contributed by atoms with Crippen LogP contribution >= 0.6 is 0 Å². The minimum atomic E-state index is -0.860. The van der Waals surface area contributed by atoms with Crippen LogP contribution in [0.5, 0.6) is 0 Å². The number of carbonyl (C=O) groups is 1. The van der Waals surface area contributed by atoms with Gasteiger partial charge in [0.1, 0.15) is 23.0 Å². The molecule has 5 nitrogen and oxygen atoms in total. The Labute approximate surface area is 170 Å². The molecule has 0 saturated heterocycles. The van der Waals surface area contributed by atoms with E-state index in [1.807, 2.05) is 0 Å². The van der Waals surface area contributed by atoms with Crippen molar-refractivity contribution in [3.63, 3.8) is 0 Å². The Kier molecular flexibility index (Phi) is 4.52. The molecule has 6 rings (SSSR count). The zero-order valence-corrected chi connectivity index (χ0v) is 16.0. The van der Waals surface area contributed by atoms with E-state index in [4.69, 9.17) is 0 Å². The largest absolute Gasteiger partial charge is 0.481 e. The molecule has 8 heteroatoms. The quantitative estimate of drug-likeness (QED) is 0.646. The third kappa shape index (κ3) is 3.05. The average Bonchev–Trinajstić information content (AvgIpc) is 3.13. The molecule has 0 amide bonds. The molecule has 0 spiro atoms. The summed E-state index contributed by atoms with van der Waals surface area (Å²) in [6, 6.07) is 2.00. The van der Waals surface area contributed by atoms with Crippen LogP contribution in [0.1, 0.15) is 31.4 Å². The summed E-state index contributed by atoms with van der Waals surface area (Å²) in [5.74, 6) is -3.52. The Morgan fingerprint density at radius 2 is 1.83 bits per heavy atom. The Balaban J connectivity index is 1.55.